The molecule has 2 aromatic carbocycles. The molecule has 1 fully saturated rings. The average Bonchev–Trinajstić information content (AvgIpc) is 3.19. The summed E-state index contributed by atoms with van der Waals surface area (Å²) < 4.78 is 29.1. The number of aromatic nitrogens is 2. The molecule has 1 N–H and O–H groups in total. The lowest BCUT2D eigenvalue weighted by atomic mass is 10.1. The van der Waals surface area contributed by atoms with Crippen LogP contribution in [0.2, 0.25) is 0 Å². The Bertz CT molecular complexity index is 1070. The molecule has 0 saturated carbocycles. The molecule has 4 rings (SSSR count). The number of nitrogens with zero attached hydrogens (tertiary/aromatic N) is 2. The van der Waals surface area contributed by atoms with Crippen molar-refractivity contribution in [2.24, 2.45) is 0 Å². The number of aryl methyl sites for hydroxylation is 1. The second kappa shape index (κ2) is 8.10. The van der Waals surface area contributed by atoms with Crippen molar-refractivity contribution in [1.82, 2.24) is 14.9 Å². The SMILES string of the molecule is Cc1ccc(-c2cnc(C3COCCN3Cc3ccc(S(C)(=O)=O)cc3)[nH]2)cc1. The minimum absolute atomic E-state index is 0.0255. The summed E-state index contributed by atoms with van der Waals surface area (Å²) in [6.45, 7) is 4.81. The number of nitrogens with one attached hydrogen (secondary N) is 1. The smallest absolute Gasteiger partial charge is 0.175 e. The first kappa shape index (κ1) is 19.8. The molecular weight excluding hydrogens is 386 g/mol. The van der Waals surface area contributed by atoms with Crippen LogP contribution in [0.3, 0.4) is 0 Å². The van der Waals surface area contributed by atoms with Gasteiger partial charge in [-0.2, -0.15) is 0 Å². The zero-order valence-corrected chi connectivity index (χ0v) is 17.4. The first-order chi connectivity index (χ1) is 13.9. The van der Waals surface area contributed by atoms with E-state index in [2.05, 4.69) is 46.1 Å². The Balaban J connectivity index is 1.53. The number of imidazole rings is 1. The van der Waals surface area contributed by atoms with Gasteiger partial charge in [0.2, 0.25) is 0 Å². The summed E-state index contributed by atoms with van der Waals surface area (Å²) in [5.41, 5.74) is 4.38. The van der Waals surface area contributed by atoms with Gasteiger partial charge in [0, 0.05) is 19.3 Å². The molecule has 1 unspecified atom stereocenters. The minimum atomic E-state index is -3.18. The van der Waals surface area contributed by atoms with Gasteiger partial charge >= 0.3 is 0 Å². The van der Waals surface area contributed by atoms with Crippen molar-refractivity contribution >= 4 is 9.84 Å². The zero-order chi connectivity index (χ0) is 20.4. The van der Waals surface area contributed by atoms with Crippen LogP contribution in [0.4, 0.5) is 0 Å². The molecule has 1 atom stereocenters. The van der Waals surface area contributed by atoms with Crippen LogP contribution in [0.1, 0.15) is 23.0 Å². The largest absolute Gasteiger partial charge is 0.378 e. The molecule has 0 spiro atoms. The number of sulfone groups is 1. The van der Waals surface area contributed by atoms with E-state index >= 15 is 0 Å². The third-order valence-electron chi connectivity index (χ3n) is 5.25. The van der Waals surface area contributed by atoms with Gasteiger partial charge in [-0.15, -0.1) is 0 Å². The van der Waals surface area contributed by atoms with Gasteiger partial charge in [-0.25, -0.2) is 13.4 Å². The number of aromatic amines is 1. The summed E-state index contributed by atoms with van der Waals surface area (Å²) in [6, 6.07) is 15.5. The highest BCUT2D eigenvalue weighted by Crippen LogP contribution is 2.27. The van der Waals surface area contributed by atoms with E-state index in [9.17, 15) is 8.42 Å². The Hall–Kier alpha value is -2.48. The van der Waals surface area contributed by atoms with Gasteiger partial charge < -0.3 is 9.72 Å². The summed E-state index contributed by atoms with van der Waals surface area (Å²) in [5, 5.41) is 0. The van der Waals surface area contributed by atoms with Crippen LogP contribution in [0, 0.1) is 6.92 Å². The van der Waals surface area contributed by atoms with Crippen molar-refractivity contribution in [1.29, 1.82) is 0 Å². The molecule has 0 bridgehead atoms. The maximum atomic E-state index is 11.7. The number of hydrogen-bond donors (Lipinski definition) is 1. The number of rotatable bonds is 5. The zero-order valence-electron chi connectivity index (χ0n) is 16.6. The molecule has 7 heteroatoms. The molecule has 3 aromatic rings. The molecule has 6 nitrogen and oxygen atoms in total. The quantitative estimate of drug-likeness (QED) is 0.697. The van der Waals surface area contributed by atoms with Crippen LogP contribution < -0.4 is 0 Å². The lowest BCUT2D eigenvalue weighted by Crippen LogP contribution is -2.39. The van der Waals surface area contributed by atoms with Gasteiger partial charge in [0.1, 0.15) is 5.82 Å². The molecule has 1 saturated heterocycles. The second-order valence-electron chi connectivity index (χ2n) is 7.53. The molecular formula is C22H25N3O3S. The normalized spacial score (nSPS) is 18.1. The second-order valence-corrected chi connectivity index (χ2v) is 9.54. The Labute approximate surface area is 171 Å². The first-order valence-corrected chi connectivity index (χ1v) is 11.5. The molecule has 0 radical (unpaired) electrons. The molecule has 1 aromatic heterocycles. The Kier molecular flexibility index (Phi) is 5.54. The van der Waals surface area contributed by atoms with E-state index < -0.39 is 9.84 Å². The molecule has 0 amide bonds. The highest BCUT2D eigenvalue weighted by atomic mass is 32.2. The summed E-state index contributed by atoms with van der Waals surface area (Å²) >= 11 is 0. The number of ether oxygens (including phenoxy) is 1. The highest BCUT2D eigenvalue weighted by molar-refractivity contribution is 7.90. The van der Waals surface area contributed by atoms with E-state index in [0.29, 0.717) is 24.7 Å². The average molecular weight is 412 g/mol. The van der Waals surface area contributed by atoms with Gasteiger partial charge in [0.25, 0.3) is 0 Å². The molecule has 1 aliphatic heterocycles. The number of hydrogen-bond acceptors (Lipinski definition) is 5. The van der Waals surface area contributed by atoms with Crippen LogP contribution in [0.15, 0.2) is 59.6 Å². The number of morpholine rings is 1. The third-order valence-corrected chi connectivity index (χ3v) is 6.38. The summed E-state index contributed by atoms with van der Waals surface area (Å²) in [6.07, 6.45) is 3.09. The van der Waals surface area contributed by atoms with Crippen molar-refractivity contribution in [2.45, 2.75) is 24.4 Å². The van der Waals surface area contributed by atoms with Crippen molar-refractivity contribution in [3.63, 3.8) is 0 Å². The van der Waals surface area contributed by atoms with E-state index in [0.717, 1.165) is 29.2 Å². The first-order valence-electron chi connectivity index (χ1n) is 9.63. The lowest BCUT2D eigenvalue weighted by Gasteiger charge is -2.34. The maximum absolute atomic E-state index is 11.7. The Morgan fingerprint density at radius 2 is 1.86 bits per heavy atom. The van der Waals surface area contributed by atoms with Crippen LogP contribution in [-0.2, 0) is 21.1 Å². The van der Waals surface area contributed by atoms with Gasteiger partial charge in [0.05, 0.1) is 36.0 Å². The van der Waals surface area contributed by atoms with E-state index in [1.807, 2.05) is 18.3 Å². The number of benzene rings is 2. The van der Waals surface area contributed by atoms with Gasteiger partial charge in [-0.05, 0) is 30.2 Å². The van der Waals surface area contributed by atoms with Gasteiger partial charge in [-0.3, -0.25) is 4.90 Å². The summed E-state index contributed by atoms with van der Waals surface area (Å²) in [5.74, 6) is 0.882. The predicted octanol–water partition coefficient (Wildman–Crippen LogP) is 3.36. The van der Waals surface area contributed by atoms with Crippen LogP contribution in [0.5, 0.6) is 0 Å². The van der Waals surface area contributed by atoms with Gasteiger partial charge in [0.15, 0.2) is 9.84 Å². The van der Waals surface area contributed by atoms with E-state index in [-0.39, 0.29) is 6.04 Å². The fourth-order valence-corrected chi connectivity index (χ4v) is 4.17. The van der Waals surface area contributed by atoms with Crippen LogP contribution in [-0.4, -0.2) is 49.3 Å². The highest BCUT2D eigenvalue weighted by Gasteiger charge is 2.27. The molecule has 2 heterocycles. The molecule has 1 aliphatic rings. The Morgan fingerprint density at radius 1 is 1.14 bits per heavy atom. The van der Waals surface area contributed by atoms with Crippen molar-refractivity contribution in [3.05, 3.63) is 71.7 Å². The Morgan fingerprint density at radius 3 is 2.55 bits per heavy atom. The fraction of sp³-hybridized carbons (Fsp3) is 0.318. The van der Waals surface area contributed by atoms with Crippen molar-refractivity contribution in [2.75, 3.05) is 26.0 Å². The molecule has 152 valence electrons. The van der Waals surface area contributed by atoms with E-state index in [1.54, 1.807) is 12.1 Å². The summed E-state index contributed by atoms with van der Waals surface area (Å²) in [7, 11) is -3.18. The minimum Gasteiger partial charge on any atom is -0.378 e. The monoisotopic (exact) mass is 411 g/mol. The van der Waals surface area contributed by atoms with E-state index in [4.69, 9.17) is 4.74 Å². The lowest BCUT2D eigenvalue weighted by molar-refractivity contribution is -0.0156. The standard InChI is InChI=1S/C22H25N3O3S/c1-16-3-7-18(8-4-16)20-13-23-22(24-20)21-15-28-12-11-25(21)14-17-5-9-19(10-6-17)29(2,26)27/h3-10,13,21H,11-12,14-15H2,1-2H3,(H,23,24). The van der Waals surface area contributed by atoms with E-state index in [1.165, 1.54) is 11.8 Å². The number of H-pyrrole nitrogens is 1. The molecule has 29 heavy (non-hydrogen) atoms. The van der Waals surface area contributed by atoms with Crippen LogP contribution >= 0.6 is 0 Å². The summed E-state index contributed by atoms with van der Waals surface area (Å²) in [4.78, 5) is 10.7. The third kappa shape index (κ3) is 4.58. The maximum Gasteiger partial charge on any atom is 0.175 e. The topological polar surface area (TPSA) is 75.3 Å². The molecule has 0 aliphatic carbocycles. The van der Waals surface area contributed by atoms with Crippen LogP contribution in [0.25, 0.3) is 11.3 Å². The van der Waals surface area contributed by atoms with Crippen molar-refractivity contribution in [3.8, 4) is 11.3 Å². The van der Waals surface area contributed by atoms with Gasteiger partial charge in [-0.1, -0.05) is 42.0 Å². The fourth-order valence-electron chi connectivity index (χ4n) is 3.54. The van der Waals surface area contributed by atoms with Crippen molar-refractivity contribution < 1.29 is 13.2 Å². The predicted molar refractivity (Wildman–Crippen MR) is 112 cm³/mol.